The first-order valence-electron chi connectivity index (χ1n) is 9.26. The molecule has 8 heteroatoms. The summed E-state index contributed by atoms with van der Waals surface area (Å²) in [6.45, 7) is 1.66. The van der Waals surface area contributed by atoms with Gasteiger partial charge in [-0.1, -0.05) is 18.2 Å². The van der Waals surface area contributed by atoms with Gasteiger partial charge in [0.1, 0.15) is 17.6 Å². The maximum Gasteiger partial charge on any atom is 0.293 e. The molecule has 1 N–H and O–H groups in total. The van der Waals surface area contributed by atoms with Crippen LogP contribution in [0.3, 0.4) is 0 Å². The molecule has 1 aliphatic heterocycles. The second-order valence-corrected chi connectivity index (χ2v) is 6.83. The fourth-order valence-corrected chi connectivity index (χ4v) is 3.58. The van der Waals surface area contributed by atoms with Crippen LogP contribution in [0.5, 0.6) is 0 Å². The summed E-state index contributed by atoms with van der Waals surface area (Å²) < 4.78 is 0. The first kappa shape index (κ1) is 20.4. The second-order valence-electron chi connectivity index (χ2n) is 6.83. The quantitative estimate of drug-likeness (QED) is 0.373. The number of hydrogen-bond acceptors (Lipinski definition) is 5. The normalized spacial score (nSPS) is 14.3. The molecule has 0 unspecified atom stereocenters. The molecule has 2 heterocycles. The lowest BCUT2D eigenvalue weighted by molar-refractivity contribution is -0.384. The molecule has 29 heavy (non-hydrogen) atoms. The molecule has 7 nitrogen and oxygen atoms in total. The van der Waals surface area contributed by atoms with E-state index in [1.165, 1.54) is 6.07 Å². The van der Waals surface area contributed by atoms with Crippen LogP contribution in [0, 0.1) is 21.4 Å². The van der Waals surface area contributed by atoms with Crippen molar-refractivity contribution in [3.63, 3.8) is 0 Å². The number of anilines is 1. The fraction of sp³-hybridized carbons (Fsp3) is 0.238. The summed E-state index contributed by atoms with van der Waals surface area (Å²) >= 11 is 0. The predicted molar refractivity (Wildman–Crippen MR) is 116 cm³/mol. The number of H-pyrrole nitrogens is 1. The third kappa shape index (κ3) is 4.23. The average Bonchev–Trinajstić information content (AvgIpc) is 3.16. The van der Waals surface area contributed by atoms with E-state index in [9.17, 15) is 15.4 Å². The van der Waals surface area contributed by atoms with E-state index in [0.717, 1.165) is 43.4 Å². The minimum absolute atomic E-state index is 0. The average molecular weight is 410 g/mol. The molecule has 2 aromatic carbocycles. The molecule has 1 saturated heterocycles. The predicted octanol–water partition coefficient (Wildman–Crippen LogP) is 4.95. The van der Waals surface area contributed by atoms with Gasteiger partial charge in [-0.25, -0.2) is 4.98 Å². The number of halogens is 1. The second kappa shape index (κ2) is 8.76. The van der Waals surface area contributed by atoms with Crippen molar-refractivity contribution in [2.75, 3.05) is 18.0 Å². The SMILES string of the molecule is Cl.N#C/C(=C\c1ccc(N2CCCCC2)c([N+](=O)[O-])c1)c1nc2ccccc2[nH]1. The molecule has 1 fully saturated rings. The van der Waals surface area contributed by atoms with Crippen LogP contribution in [0.4, 0.5) is 11.4 Å². The Labute approximate surface area is 174 Å². The molecule has 3 aromatic rings. The number of para-hydroxylation sites is 2. The van der Waals surface area contributed by atoms with Crippen LogP contribution in [0.15, 0.2) is 42.5 Å². The molecule has 0 bridgehead atoms. The number of nitro groups is 1. The smallest absolute Gasteiger partial charge is 0.293 e. The lowest BCUT2D eigenvalue weighted by Gasteiger charge is -2.28. The van der Waals surface area contributed by atoms with Crippen LogP contribution in [0.2, 0.25) is 0 Å². The standard InChI is InChI=1S/C21H19N5O2.ClH/c22-14-16(21-23-17-6-2-3-7-18(17)24-21)12-15-8-9-19(20(13-15)26(27)28)25-10-4-1-5-11-25;/h2-3,6-9,12-13H,1,4-5,10-11H2,(H,23,24);1H/b16-12+;. The highest BCUT2D eigenvalue weighted by Crippen LogP contribution is 2.32. The highest BCUT2D eigenvalue weighted by atomic mass is 35.5. The van der Waals surface area contributed by atoms with Crippen molar-refractivity contribution in [1.82, 2.24) is 9.97 Å². The molecule has 0 aliphatic carbocycles. The maximum atomic E-state index is 11.6. The Kier molecular flexibility index (Phi) is 6.15. The number of nitrogens with zero attached hydrogens (tertiary/aromatic N) is 4. The van der Waals surface area contributed by atoms with Gasteiger partial charge in [0.05, 0.1) is 21.5 Å². The number of nitrogens with one attached hydrogen (secondary N) is 1. The van der Waals surface area contributed by atoms with Crippen LogP contribution in [0.1, 0.15) is 30.7 Å². The number of nitriles is 1. The Morgan fingerprint density at radius 2 is 1.97 bits per heavy atom. The Morgan fingerprint density at radius 1 is 1.21 bits per heavy atom. The van der Waals surface area contributed by atoms with E-state index in [0.29, 0.717) is 22.6 Å². The van der Waals surface area contributed by atoms with Crippen molar-refractivity contribution in [2.24, 2.45) is 0 Å². The van der Waals surface area contributed by atoms with Gasteiger partial charge >= 0.3 is 0 Å². The summed E-state index contributed by atoms with van der Waals surface area (Å²) in [5.74, 6) is 0.450. The molecule has 0 atom stereocenters. The molecule has 0 saturated carbocycles. The molecule has 0 amide bonds. The van der Waals surface area contributed by atoms with Crippen LogP contribution in [-0.2, 0) is 0 Å². The van der Waals surface area contributed by atoms with Crippen molar-refractivity contribution in [2.45, 2.75) is 19.3 Å². The fourth-order valence-electron chi connectivity index (χ4n) is 3.58. The molecule has 148 valence electrons. The third-order valence-electron chi connectivity index (χ3n) is 4.97. The number of aromatic amines is 1. The van der Waals surface area contributed by atoms with E-state index in [1.54, 1.807) is 12.1 Å². The van der Waals surface area contributed by atoms with Gasteiger partial charge in [0.2, 0.25) is 0 Å². The van der Waals surface area contributed by atoms with Gasteiger partial charge in [-0.2, -0.15) is 5.26 Å². The number of rotatable bonds is 4. The number of fused-ring (bicyclic) bond motifs is 1. The summed E-state index contributed by atoms with van der Waals surface area (Å²) in [7, 11) is 0. The summed E-state index contributed by atoms with van der Waals surface area (Å²) in [4.78, 5) is 20.9. The highest BCUT2D eigenvalue weighted by molar-refractivity contribution is 5.91. The number of piperidine rings is 1. The zero-order valence-corrected chi connectivity index (χ0v) is 16.5. The summed E-state index contributed by atoms with van der Waals surface area (Å²) in [5, 5.41) is 21.2. The van der Waals surface area contributed by atoms with Gasteiger partial charge < -0.3 is 9.88 Å². The first-order valence-corrected chi connectivity index (χ1v) is 9.26. The number of benzene rings is 2. The van der Waals surface area contributed by atoms with Crippen molar-refractivity contribution >= 4 is 46.5 Å². The number of imidazole rings is 1. The maximum absolute atomic E-state index is 11.6. The Morgan fingerprint density at radius 3 is 2.66 bits per heavy atom. The van der Waals surface area contributed by atoms with Gasteiger partial charge in [-0.3, -0.25) is 10.1 Å². The van der Waals surface area contributed by atoms with E-state index < -0.39 is 0 Å². The molecular formula is C21H20ClN5O2. The molecule has 1 aromatic heterocycles. The lowest BCUT2D eigenvalue weighted by atomic mass is 10.1. The monoisotopic (exact) mass is 409 g/mol. The summed E-state index contributed by atoms with van der Waals surface area (Å²) in [6, 6.07) is 14.8. The Balaban J connectivity index is 0.00000240. The zero-order valence-electron chi connectivity index (χ0n) is 15.7. The van der Waals surface area contributed by atoms with Gasteiger partial charge in [-0.15, -0.1) is 12.4 Å². The number of hydrogen-bond donors (Lipinski definition) is 1. The van der Waals surface area contributed by atoms with Crippen LogP contribution >= 0.6 is 12.4 Å². The van der Waals surface area contributed by atoms with Gasteiger partial charge in [0.15, 0.2) is 0 Å². The van der Waals surface area contributed by atoms with E-state index in [2.05, 4.69) is 20.9 Å². The van der Waals surface area contributed by atoms with Gasteiger partial charge in [0, 0.05) is 19.2 Å². The van der Waals surface area contributed by atoms with Crippen molar-refractivity contribution in [3.05, 3.63) is 64.0 Å². The number of allylic oxidation sites excluding steroid dienone is 1. The Bertz CT molecular complexity index is 1080. The summed E-state index contributed by atoms with van der Waals surface area (Å²) in [5.41, 5.74) is 3.25. The van der Waals surface area contributed by atoms with Gasteiger partial charge in [-0.05, 0) is 49.1 Å². The molecule has 0 spiro atoms. The zero-order chi connectivity index (χ0) is 19.5. The topological polar surface area (TPSA) is 98.8 Å². The minimum atomic E-state index is -0.353. The van der Waals surface area contributed by atoms with Crippen molar-refractivity contribution < 1.29 is 4.92 Å². The molecular weight excluding hydrogens is 390 g/mol. The molecule has 4 rings (SSSR count). The summed E-state index contributed by atoms with van der Waals surface area (Å²) in [6.07, 6.45) is 4.88. The van der Waals surface area contributed by atoms with E-state index in [-0.39, 0.29) is 23.0 Å². The highest BCUT2D eigenvalue weighted by Gasteiger charge is 2.21. The van der Waals surface area contributed by atoms with Crippen LogP contribution in [-0.4, -0.2) is 28.0 Å². The van der Waals surface area contributed by atoms with Gasteiger partial charge in [0.25, 0.3) is 5.69 Å². The lowest BCUT2D eigenvalue weighted by Crippen LogP contribution is -2.29. The van der Waals surface area contributed by atoms with E-state index >= 15 is 0 Å². The molecule has 0 radical (unpaired) electrons. The first-order chi connectivity index (χ1) is 13.7. The molecule has 1 aliphatic rings. The Hall–Kier alpha value is -3.37. The van der Waals surface area contributed by atoms with Crippen LogP contribution in [0.25, 0.3) is 22.7 Å². The van der Waals surface area contributed by atoms with E-state index in [4.69, 9.17) is 0 Å². The van der Waals surface area contributed by atoms with Crippen molar-refractivity contribution in [3.8, 4) is 6.07 Å². The van der Waals surface area contributed by atoms with Crippen LogP contribution < -0.4 is 4.90 Å². The van der Waals surface area contributed by atoms with Crippen molar-refractivity contribution in [1.29, 1.82) is 5.26 Å². The van der Waals surface area contributed by atoms with E-state index in [1.807, 2.05) is 30.3 Å². The minimum Gasteiger partial charge on any atom is -0.366 e. The largest absolute Gasteiger partial charge is 0.366 e. The number of nitro benzene ring substituents is 1. The third-order valence-corrected chi connectivity index (χ3v) is 4.97. The number of aromatic nitrogens is 2.